The van der Waals surface area contributed by atoms with Crippen LogP contribution in [0.1, 0.15) is 19.8 Å². The standard InChI is InChI=1S/C21H24N4O5S/c1-2-29-19(27)15-10-22-20(28)23-17(15)12-31-21-24-16-8-4-3-7-14(16)18(26)25(21)11-13-6-5-9-30-13/h3-4,7-8,13H,2,5-6,9-12H2,1H3,(H2,22,23,28). The van der Waals surface area contributed by atoms with Crippen molar-refractivity contribution in [1.29, 1.82) is 0 Å². The predicted molar refractivity (Wildman–Crippen MR) is 116 cm³/mol. The molecule has 1 saturated heterocycles. The Labute approximate surface area is 183 Å². The van der Waals surface area contributed by atoms with E-state index in [9.17, 15) is 14.4 Å². The highest BCUT2D eigenvalue weighted by molar-refractivity contribution is 7.99. The molecule has 0 bridgehead atoms. The number of urea groups is 1. The number of carbonyl (C=O) groups is 2. The molecule has 4 rings (SSSR count). The molecule has 0 saturated carbocycles. The summed E-state index contributed by atoms with van der Waals surface area (Å²) >= 11 is 1.30. The van der Waals surface area contributed by atoms with Crippen molar-refractivity contribution in [3.8, 4) is 0 Å². The van der Waals surface area contributed by atoms with Gasteiger partial charge in [0.2, 0.25) is 0 Å². The Morgan fingerprint density at radius 2 is 2.19 bits per heavy atom. The van der Waals surface area contributed by atoms with Crippen molar-refractivity contribution < 1.29 is 19.1 Å². The molecule has 2 amide bonds. The lowest BCUT2D eigenvalue weighted by atomic mass is 10.2. The van der Waals surface area contributed by atoms with Crippen LogP contribution in [0.4, 0.5) is 4.79 Å². The van der Waals surface area contributed by atoms with Gasteiger partial charge in [0.25, 0.3) is 5.56 Å². The molecule has 10 heteroatoms. The molecular formula is C21H24N4O5S. The molecule has 0 spiro atoms. The molecule has 1 aromatic heterocycles. The third-order valence-corrected chi connectivity index (χ3v) is 6.16. The fraction of sp³-hybridized carbons (Fsp3) is 0.429. The number of hydrogen-bond acceptors (Lipinski definition) is 7. The van der Waals surface area contributed by atoms with Crippen LogP contribution in [0.15, 0.2) is 45.5 Å². The second kappa shape index (κ2) is 9.52. The Bertz CT molecular complexity index is 1090. The number of nitrogens with zero attached hydrogens (tertiary/aromatic N) is 2. The number of aromatic nitrogens is 2. The lowest BCUT2D eigenvalue weighted by Crippen LogP contribution is -2.44. The van der Waals surface area contributed by atoms with E-state index < -0.39 is 5.97 Å². The normalized spacial score (nSPS) is 18.7. The minimum absolute atomic E-state index is 0.0343. The Morgan fingerprint density at radius 3 is 2.97 bits per heavy atom. The molecular weight excluding hydrogens is 420 g/mol. The van der Waals surface area contributed by atoms with Gasteiger partial charge in [-0.25, -0.2) is 14.6 Å². The van der Waals surface area contributed by atoms with Crippen LogP contribution in [-0.2, 0) is 20.8 Å². The highest BCUT2D eigenvalue weighted by Crippen LogP contribution is 2.24. The summed E-state index contributed by atoms with van der Waals surface area (Å²) in [5, 5.41) is 6.34. The van der Waals surface area contributed by atoms with Gasteiger partial charge < -0.3 is 20.1 Å². The monoisotopic (exact) mass is 444 g/mol. The molecule has 164 valence electrons. The van der Waals surface area contributed by atoms with Crippen molar-refractivity contribution in [2.24, 2.45) is 0 Å². The Morgan fingerprint density at radius 1 is 1.35 bits per heavy atom. The number of rotatable bonds is 7. The lowest BCUT2D eigenvalue weighted by molar-refractivity contribution is -0.138. The van der Waals surface area contributed by atoms with Gasteiger partial charge in [-0.05, 0) is 31.9 Å². The van der Waals surface area contributed by atoms with E-state index in [0.717, 1.165) is 12.8 Å². The van der Waals surface area contributed by atoms with E-state index in [2.05, 4.69) is 10.6 Å². The van der Waals surface area contributed by atoms with Crippen LogP contribution in [0.5, 0.6) is 0 Å². The van der Waals surface area contributed by atoms with Gasteiger partial charge in [0, 0.05) is 18.1 Å². The first-order valence-corrected chi connectivity index (χ1v) is 11.2. The average molecular weight is 445 g/mol. The zero-order valence-corrected chi connectivity index (χ0v) is 18.0. The Kier molecular flexibility index (Phi) is 6.57. The Balaban J connectivity index is 1.67. The fourth-order valence-corrected chi connectivity index (χ4v) is 4.61. The molecule has 1 atom stereocenters. The molecule has 2 N–H and O–H groups in total. The number of fused-ring (bicyclic) bond motifs is 1. The van der Waals surface area contributed by atoms with Crippen LogP contribution in [0.3, 0.4) is 0 Å². The van der Waals surface area contributed by atoms with Gasteiger partial charge in [0.15, 0.2) is 5.16 Å². The predicted octanol–water partition coefficient (Wildman–Crippen LogP) is 1.80. The smallest absolute Gasteiger partial charge is 0.337 e. The maximum absolute atomic E-state index is 13.2. The van der Waals surface area contributed by atoms with Gasteiger partial charge in [-0.1, -0.05) is 23.9 Å². The first-order valence-electron chi connectivity index (χ1n) is 10.2. The first-order chi connectivity index (χ1) is 15.1. The largest absolute Gasteiger partial charge is 0.463 e. The first kappa shape index (κ1) is 21.4. The maximum atomic E-state index is 13.2. The van der Waals surface area contributed by atoms with E-state index in [1.165, 1.54) is 11.8 Å². The molecule has 1 unspecified atom stereocenters. The maximum Gasteiger partial charge on any atom is 0.337 e. The molecule has 9 nitrogen and oxygen atoms in total. The summed E-state index contributed by atoms with van der Waals surface area (Å²) in [6.45, 7) is 3.16. The van der Waals surface area contributed by atoms with E-state index in [1.807, 2.05) is 12.1 Å². The third kappa shape index (κ3) is 4.75. The second-order valence-corrected chi connectivity index (χ2v) is 8.18. The van der Waals surface area contributed by atoms with Crippen molar-refractivity contribution in [2.45, 2.75) is 37.6 Å². The molecule has 0 aliphatic carbocycles. The summed E-state index contributed by atoms with van der Waals surface area (Å²) in [6.07, 6.45) is 1.83. The molecule has 2 aliphatic heterocycles. The van der Waals surface area contributed by atoms with E-state index in [-0.39, 0.29) is 36.6 Å². The number of amides is 2. The summed E-state index contributed by atoms with van der Waals surface area (Å²) in [5.74, 6) is -0.216. The molecule has 2 aliphatic rings. The van der Waals surface area contributed by atoms with Gasteiger partial charge in [-0.2, -0.15) is 0 Å². The zero-order valence-electron chi connectivity index (χ0n) is 17.2. The fourth-order valence-electron chi connectivity index (χ4n) is 3.62. The van der Waals surface area contributed by atoms with Crippen molar-refractivity contribution in [3.63, 3.8) is 0 Å². The molecule has 0 radical (unpaired) electrons. The van der Waals surface area contributed by atoms with Crippen LogP contribution in [-0.4, -0.2) is 53.2 Å². The van der Waals surface area contributed by atoms with Crippen LogP contribution in [0.25, 0.3) is 10.9 Å². The summed E-state index contributed by atoms with van der Waals surface area (Å²) in [5.41, 5.74) is 1.30. The molecule has 2 aromatic rings. The number of ether oxygens (including phenoxy) is 2. The minimum atomic E-state index is -0.478. The number of esters is 1. The van der Waals surface area contributed by atoms with Crippen molar-refractivity contribution >= 4 is 34.7 Å². The summed E-state index contributed by atoms with van der Waals surface area (Å²) in [7, 11) is 0. The number of hydrogen-bond donors (Lipinski definition) is 2. The van der Waals surface area contributed by atoms with E-state index in [0.29, 0.717) is 40.5 Å². The van der Waals surface area contributed by atoms with Gasteiger partial charge in [0.1, 0.15) is 0 Å². The molecule has 1 fully saturated rings. The van der Waals surface area contributed by atoms with Crippen LogP contribution in [0.2, 0.25) is 0 Å². The van der Waals surface area contributed by atoms with Crippen LogP contribution < -0.4 is 16.2 Å². The molecule has 31 heavy (non-hydrogen) atoms. The summed E-state index contributed by atoms with van der Waals surface area (Å²) in [6, 6.07) is 6.83. The van der Waals surface area contributed by atoms with Crippen molar-refractivity contribution in [3.05, 3.63) is 45.9 Å². The van der Waals surface area contributed by atoms with Crippen LogP contribution >= 0.6 is 11.8 Å². The quantitative estimate of drug-likeness (QED) is 0.380. The highest BCUT2D eigenvalue weighted by Gasteiger charge is 2.25. The van der Waals surface area contributed by atoms with E-state index >= 15 is 0 Å². The minimum Gasteiger partial charge on any atom is -0.463 e. The highest BCUT2D eigenvalue weighted by atomic mass is 32.2. The Hall–Kier alpha value is -2.85. The van der Waals surface area contributed by atoms with Gasteiger partial charge in [-0.15, -0.1) is 0 Å². The molecule has 3 heterocycles. The van der Waals surface area contributed by atoms with E-state index in [1.54, 1.807) is 23.6 Å². The molecule has 1 aromatic carbocycles. The number of thioether (sulfide) groups is 1. The zero-order chi connectivity index (χ0) is 21.8. The van der Waals surface area contributed by atoms with Crippen LogP contribution in [0, 0.1) is 0 Å². The SMILES string of the molecule is CCOC(=O)C1=C(CSc2nc3ccccc3c(=O)n2CC2CCCO2)NC(=O)NC1. The van der Waals surface area contributed by atoms with Crippen molar-refractivity contribution in [2.75, 3.05) is 25.5 Å². The topological polar surface area (TPSA) is 112 Å². The number of carbonyl (C=O) groups excluding carboxylic acids is 2. The van der Waals surface area contributed by atoms with Gasteiger partial charge in [-0.3, -0.25) is 9.36 Å². The lowest BCUT2D eigenvalue weighted by Gasteiger charge is -2.22. The number of para-hydroxylation sites is 1. The number of benzene rings is 1. The number of nitrogens with one attached hydrogen (secondary N) is 2. The van der Waals surface area contributed by atoms with E-state index in [4.69, 9.17) is 14.5 Å². The average Bonchev–Trinajstić information content (AvgIpc) is 3.28. The van der Waals surface area contributed by atoms with Gasteiger partial charge >= 0.3 is 12.0 Å². The van der Waals surface area contributed by atoms with Gasteiger partial charge in [0.05, 0.1) is 42.3 Å². The van der Waals surface area contributed by atoms with Crippen molar-refractivity contribution in [1.82, 2.24) is 20.2 Å². The summed E-state index contributed by atoms with van der Waals surface area (Å²) in [4.78, 5) is 42.0. The summed E-state index contributed by atoms with van der Waals surface area (Å²) < 4.78 is 12.5. The second-order valence-electron chi connectivity index (χ2n) is 7.24. The third-order valence-electron chi connectivity index (χ3n) is 5.16.